The SMILES string of the molecule is CCOC(=O)C1(C)COCC1NC(=O)c1cccn2nccc12. The highest BCUT2D eigenvalue weighted by molar-refractivity contribution is 6.01. The summed E-state index contributed by atoms with van der Waals surface area (Å²) in [5.41, 5.74) is 0.335. The lowest BCUT2D eigenvalue weighted by molar-refractivity contribution is -0.155. The first-order chi connectivity index (χ1) is 11.1. The second-order valence-corrected chi connectivity index (χ2v) is 5.76. The molecular weight excluding hydrogens is 298 g/mol. The Morgan fingerprint density at radius 1 is 1.52 bits per heavy atom. The predicted molar refractivity (Wildman–Crippen MR) is 82.0 cm³/mol. The number of fused-ring (bicyclic) bond motifs is 1. The van der Waals surface area contributed by atoms with Crippen LogP contribution in [0, 0.1) is 5.41 Å². The molecule has 0 radical (unpaired) electrons. The zero-order valence-corrected chi connectivity index (χ0v) is 13.1. The molecule has 0 bridgehead atoms. The second-order valence-electron chi connectivity index (χ2n) is 5.76. The Morgan fingerprint density at radius 2 is 2.35 bits per heavy atom. The molecule has 1 saturated heterocycles. The summed E-state index contributed by atoms with van der Waals surface area (Å²) in [4.78, 5) is 24.8. The van der Waals surface area contributed by atoms with Crippen LogP contribution in [-0.4, -0.2) is 47.4 Å². The number of carbonyl (C=O) groups excluding carboxylic acids is 2. The molecule has 0 aliphatic carbocycles. The molecule has 7 nitrogen and oxygen atoms in total. The number of nitrogens with one attached hydrogen (secondary N) is 1. The van der Waals surface area contributed by atoms with E-state index in [1.807, 2.05) is 0 Å². The lowest BCUT2D eigenvalue weighted by Gasteiger charge is -2.27. The van der Waals surface area contributed by atoms with Gasteiger partial charge in [-0.3, -0.25) is 9.59 Å². The quantitative estimate of drug-likeness (QED) is 0.852. The van der Waals surface area contributed by atoms with Crippen LogP contribution in [0.15, 0.2) is 30.6 Å². The molecule has 1 N–H and O–H groups in total. The number of amides is 1. The van der Waals surface area contributed by atoms with Gasteiger partial charge in [-0.15, -0.1) is 0 Å². The molecule has 1 aliphatic heterocycles. The largest absolute Gasteiger partial charge is 0.465 e. The lowest BCUT2D eigenvalue weighted by atomic mass is 9.85. The molecule has 1 fully saturated rings. The maximum absolute atomic E-state index is 12.6. The monoisotopic (exact) mass is 317 g/mol. The van der Waals surface area contributed by atoms with Gasteiger partial charge in [-0.1, -0.05) is 0 Å². The van der Waals surface area contributed by atoms with E-state index in [2.05, 4.69) is 10.4 Å². The predicted octanol–water partition coefficient (Wildman–Crippen LogP) is 1.03. The fourth-order valence-electron chi connectivity index (χ4n) is 2.75. The van der Waals surface area contributed by atoms with Gasteiger partial charge in [-0.2, -0.15) is 5.10 Å². The van der Waals surface area contributed by atoms with Gasteiger partial charge >= 0.3 is 5.97 Å². The zero-order chi connectivity index (χ0) is 16.4. The Balaban J connectivity index is 1.82. The summed E-state index contributed by atoms with van der Waals surface area (Å²) in [6.45, 7) is 4.31. The molecule has 1 aliphatic rings. The van der Waals surface area contributed by atoms with Crippen LogP contribution in [0.1, 0.15) is 24.2 Å². The zero-order valence-electron chi connectivity index (χ0n) is 13.1. The summed E-state index contributed by atoms with van der Waals surface area (Å²) >= 11 is 0. The molecule has 0 spiro atoms. The Morgan fingerprint density at radius 3 is 3.13 bits per heavy atom. The van der Waals surface area contributed by atoms with Gasteiger partial charge in [0.2, 0.25) is 0 Å². The number of nitrogens with zero attached hydrogens (tertiary/aromatic N) is 2. The van der Waals surface area contributed by atoms with Gasteiger partial charge in [0.25, 0.3) is 5.91 Å². The maximum Gasteiger partial charge on any atom is 0.316 e. The van der Waals surface area contributed by atoms with Crippen molar-refractivity contribution in [3.63, 3.8) is 0 Å². The molecular formula is C16H19N3O4. The van der Waals surface area contributed by atoms with Crippen molar-refractivity contribution < 1.29 is 19.1 Å². The van der Waals surface area contributed by atoms with Gasteiger partial charge < -0.3 is 14.8 Å². The van der Waals surface area contributed by atoms with Gasteiger partial charge in [0.1, 0.15) is 5.41 Å². The normalized spacial score (nSPS) is 23.8. The van der Waals surface area contributed by atoms with E-state index in [0.717, 1.165) is 0 Å². The summed E-state index contributed by atoms with van der Waals surface area (Å²) in [6, 6.07) is 4.82. The summed E-state index contributed by atoms with van der Waals surface area (Å²) in [7, 11) is 0. The number of ether oxygens (including phenoxy) is 2. The third-order valence-corrected chi connectivity index (χ3v) is 4.18. The number of esters is 1. The molecule has 2 unspecified atom stereocenters. The Kier molecular flexibility index (Phi) is 4.04. The van der Waals surface area contributed by atoms with Gasteiger partial charge in [0, 0.05) is 6.20 Å². The van der Waals surface area contributed by atoms with Crippen molar-refractivity contribution in [2.75, 3.05) is 19.8 Å². The maximum atomic E-state index is 12.6. The minimum Gasteiger partial charge on any atom is -0.465 e. The van der Waals surface area contributed by atoms with Crippen molar-refractivity contribution in [3.05, 3.63) is 36.2 Å². The molecule has 2 aromatic rings. The smallest absolute Gasteiger partial charge is 0.316 e. The number of pyridine rings is 1. The minimum absolute atomic E-state index is 0.230. The Hall–Kier alpha value is -2.41. The number of aromatic nitrogens is 2. The summed E-state index contributed by atoms with van der Waals surface area (Å²) in [5.74, 6) is -0.618. The molecule has 2 aromatic heterocycles. The summed E-state index contributed by atoms with van der Waals surface area (Å²) < 4.78 is 12.2. The summed E-state index contributed by atoms with van der Waals surface area (Å²) in [5, 5.41) is 7.01. The average molecular weight is 317 g/mol. The van der Waals surface area contributed by atoms with Crippen LogP contribution in [0.4, 0.5) is 0 Å². The minimum atomic E-state index is -0.878. The van der Waals surface area contributed by atoms with Crippen molar-refractivity contribution in [2.45, 2.75) is 19.9 Å². The second kappa shape index (κ2) is 6.00. The third-order valence-electron chi connectivity index (χ3n) is 4.18. The fraction of sp³-hybridized carbons (Fsp3) is 0.438. The molecule has 0 saturated carbocycles. The van der Waals surface area contributed by atoms with E-state index in [4.69, 9.17) is 9.47 Å². The van der Waals surface area contributed by atoms with E-state index in [9.17, 15) is 9.59 Å². The Bertz CT molecular complexity index is 742. The van der Waals surface area contributed by atoms with Gasteiger partial charge in [-0.25, -0.2) is 4.52 Å². The number of hydrogen-bond donors (Lipinski definition) is 1. The van der Waals surface area contributed by atoms with E-state index in [-0.39, 0.29) is 25.1 Å². The first-order valence-corrected chi connectivity index (χ1v) is 7.54. The molecule has 0 aromatic carbocycles. The van der Waals surface area contributed by atoms with Crippen LogP contribution in [-0.2, 0) is 14.3 Å². The van der Waals surface area contributed by atoms with Crippen molar-refractivity contribution in [1.82, 2.24) is 14.9 Å². The van der Waals surface area contributed by atoms with E-state index in [1.54, 1.807) is 49.0 Å². The van der Waals surface area contributed by atoms with E-state index >= 15 is 0 Å². The molecule has 3 rings (SSSR count). The van der Waals surface area contributed by atoms with Gasteiger partial charge in [0.05, 0.1) is 43.1 Å². The van der Waals surface area contributed by atoms with E-state index in [1.165, 1.54) is 0 Å². The fourth-order valence-corrected chi connectivity index (χ4v) is 2.75. The average Bonchev–Trinajstić information content (AvgIpc) is 3.15. The van der Waals surface area contributed by atoms with Crippen molar-refractivity contribution in [1.29, 1.82) is 0 Å². The van der Waals surface area contributed by atoms with Crippen LogP contribution >= 0.6 is 0 Å². The van der Waals surface area contributed by atoms with Crippen LogP contribution in [0.3, 0.4) is 0 Å². The van der Waals surface area contributed by atoms with Crippen LogP contribution in [0.25, 0.3) is 5.52 Å². The Labute approximate surface area is 133 Å². The standard InChI is InChI=1S/C16H19N3O4/c1-3-23-15(21)16(2)10-22-9-13(16)18-14(20)11-5-4-8-19-12(11)6-7-17-19/h4-8,13H,3,9-10H2,1-2H3,(H,18,20). The van der Waals surface area contributed by atoms with Gasteiger partial charge in [-0.05, 0) is 32.0 Å². The first kappa shape index (κ1) is 15.5. The molecule has 1 amide bonds. The lowest BCUT2D eigenvalue weighted by Crippen LogP contribution is -2.50. The number of hydrogen-bond acceptors (Lipinski definition) is 5. The van der Waals surface area contributed by atoms with Crippen molar-refractivity contribution in [3.8, 4) is 0 Å². The molecule has 122 valence electrons. The van der Waals surface area contributed by atoms with Crippen molar-refractivity contribution in [2.24, 2.45) is 5.41 Å². The number of carbonyl (C=O) groups is 2. The molecule has 7 heteroatoms. The third kappa shape index (κ3) is 2.68. The first-order valence-electron chi connectivity index (χ1n) is 7.54. The number of rotatable bonds is 4. The van der Waals surface area contributed by atoms with E-state index in [0.29, 0.717) is 17.7 Å². The van der Waals surface area contributed by atoms with Crippen LogP contribution in [0.5, 0.6) is 0 Å². The molecule has 3 heterocycles. The van der Waals surface area contributed by atoms with Crippen molar-refractivity contribution >= 4 is 17.4 Å². The molecule has 23 heavy (non-hydrogen) atoms. The van der Waals surface area contributed by atoms with E-state index < -0.39 is 11.5 Å². The topological polar surface area (TPSA) is 81.9 Å². The highest BCUT2D eigenvalue weighted by Crippen LogP contribution is 2.30. The van der Waals surface area contributed by atoms with Crippen LogP contribution < -0.4 is 5.32 Å². The summed E-state index contributed by atoms with van der Waals surface area (Å²) in [6.07, 6.45) is 3.40. The highest BCUT2D eigenvalue weighted by atomic mass is 16.5. The van der Waals surface area contributed by atoms with Gasteiger partial charge in [0.15, 0.2) is 0 Å². The highest BCUT2D eigenvalue weighted by Gasteiger charge is 2.48. The van der Waals surface area contributed by atoms with Crippen LogP contribution in [0.2, 0.25) is 0 Å². The molecule has 2 atom stereocenters.